The molecule has 1 N–H and O–H groups in total. The molecule has 0 spiro atoms. The number of carbonyl (C=O) groups is 2. The van der Waals surface area contributed by atoms with Crippen molar-refractivity contribution in [1.29, 1.82) is 0 Å². The highest BCUT2D eigenvalue weighted by atomic mass is 16.5. The third-order valence-electron chi connectivity index (χ3n) is 5.16. The molecule has 1 amide bonds. The lowest BCUT2D eigenvalue weighted by Gasteiger charge is -2.24. The van der Waals surface area contributed by atoms with E-state index in [1.165, 1.54) is 5.01 Å². The second-order valence-corrected chi connectivity index (χ2v) is 7.06. The molecule has 0 aromatic heterocycles. The van der Waals surface area contributed by atoms with E-state index in [0.717, 1.165) is 22.6 Å². The van der Waals surface area contributed by atoms with Crippen LogP contribution in [0.25, 0.3) is 0 Å². The number of carboxylic acids is 1. The molecule has 1 aliphatic heterocycles. The molecule has 1 unspecified atom stereocenters. The van der Waals surface area contributed by atoms with Crippen LogP contribution in [0.1, 0.15) is 42.9 Å². The van der Waals surface area contributed by atoms with Gasteiger partial charge in [-0.1, -0.05) is 12.1 Å². The quantitative estimate of drug-likeness (QED) is 0.657. The Morgan fingerprint density at radius 2 is 1.77 bits per heavy atom. The van der Waals surface area contributed by atoms with E-state index in [-0.39, 0.29) is 31.2 Å². The van der Waals surface area contributed by atoms with Crippen LogP contribution in [0.5, 0.6) is 17.2 Å². The zero-order valence-corrected chi connectivity index (χ0v) is 17.8. The third-order valence-corrected chi connectivity index (χ3v) is 5.16. The van der Waals surface area contributed by atoms with Crippen LogP contribution in [0.15, 0.2) is 47.6 Å². The summed E-state index contributed by atoms with van der Waals surface area (Å²) in [6.07, 6.45) is 0.761. The minimum atomic E-state index is -0.928. The summed E-state index contributed by atoms with van der Waals surface area (Å²) < 4.78 is 16.2. The molecule has 1 heterocycles. The second kappa shape index (κ2) is 9.97. The van der Waals surface area contributed by atoms with Gasteiger partial charge in [0.25, 0.3) is 0 Å². The topological polar surface area (TPSA) is 97.7 Å². The molecule has 0 bridgehead atoms. The van der Waals surface area contributed by atoms with Crippen LogP contribution in [-0.4, -0.2) is 49.0 Å². The first-order valence-electron chi connectivity index (χ1n) is 9.95. The number of para-hydroxylation sites is 1. The summed E-state index contributed by atoms with van der Waals surface area (Å²) in [5, 5.41) is 14.9. The highest BCUT2D eigenvalue weighted by Crippen LogP contribution is 2.42. The molecular weight excluding hydrogens is 400 g/mol. The summed E-state index contributed by atoms with van der Waals surface area (Å²) >= 11 is 0. The number of ether oxygens (including phenoxy) is 3. The normalized spacial score (nSPS) is 15.4. The highest BCUT2D eigenvalue weighted by molar-refractivity contribution is 6.03. The predicted molar refractivity (Wildman–Crippen MR) is 115 cm³/mol. The maximum atomic E-state index is 13.0. The number of methoxy groups -OCH3 is 3. The summed E-state index contributed by atoms with van der Waals surface area (Å²) in [4.78, 5) is 23.8. The van der Waals surface area contributed by atoms with Crippen LogP contribution in [0.4, 0.5) is 0 Å². The summed E-state index contributed by atoms with van der Waals surface area (Å²) in [5.74, 6) is 0.679. The van der Waals surface area contributed by atoms with Gasteiger partial charge in [0, 0.05) is 24.8 Å². The van der Waals surface area contributed by atoms with E-state index < -0.39 is 5.97 Å². The summed E-state index contributed by atoms with van der Waals surface area (Å²) in [7, 11) is 4.72. The smallest absolute Gasteiger partial charge is 0.303 e. The fraction of sp³-hybridized carbons (Fsp3) is 0.348. The van der Waals surface area contributed by atoms with Crippen molar-refractivity contribution in [2.24, 2.45) is 5.10 Å². The molecule has 2 aromatic carbocycles. The lowest BCUT2D eigenvalue weighted by molar-refractivity contribution is -0.137. The number of carboxylic acid groups (broad SMARTS) is 1. The van der Waals surface area contributed by atoms with Gasteiger partial charge in [0.1, 0.15) is 5.75 Å². The van der Waals surface area contributed by atoms with E-state index >= 15 is 0 Å². The molecule has 1 aliphatic rings. The van der Waals surface area contributed by atoms with Crippen molar-refractivity contribution < 1.29 is 28.9 Å². The van der Waals surface area contributed by atoms with Gasteiger partial charge in [-0.2, -0.15) is 5.10 Å². The molecule has 2 aromatic rings. The molecule has 8 heteroatoms. The van der Waals surface area contributed by atoms with E-state index in [9.17, 15) is 9.59 Å². The van der Waals surface area contributed by atoms with Crippen molar-refractivity contribution in [1.82, 2.24) is 5.01 Å². The van der Waals surface area contributed by atoms with Crippen molar-refractivity contribution in [3.8, 4) is 17.2 Å². The Morgan fingerprint density at radius 3 is 2.39 bits per heavy atom. The number of nitrogens with zero attached hydrogens (tertiary/aromatic N) is 2. The minimum absolute atomic E-state index is 0.0677. The monoisotopic (exact) mass is 426 g/mol. The average Bonchev–Trinajstić information content (AvgIpc) is 3.23. The number of amides is 1. The number of carbonyl (C=O) groups excluding carboxylic acids is 1. The van der Waals surface area contributed by atoms with Gasteiger partial charge in [-0.25, -0.2) is 5.01 Å². The van der Waals surface area contributed by atoms with Gasteiger partial charge in [-0.05, 0) is 42.3 Å². The van der Waals surface area contributed by atoms with Gasteiger partial charge in [-0.15, -0.1) is 0 Å². The standard InChI is InChI=1S/C23H26N2O6/c1-29-16-12-10-15(11-13-16)18-14-19(17-6-4-7-20(30-2)23(17)31-3)25(24-18)21(26)8-5-9-22(27)28/h4,6-7,10-13,19H,5,8-9,14H2,1-3H3,(H,27,28). The van der Waals surface area contributed by atoms with Crippen LogP contribution in [0.2, 0.25) is 0 Å². The van der Waals surface area contributed by atoms with Gasteiger partial charge in [0.05, 0.1) is 33.1 Å². The summed E-state index contributed by atoms with van der Waals surface area (Å²) in [5.41, 5.74) is 2.42. The molecule has 8 nitrogen and oxygen atoms in total. The molecule has 0 saturated carbocycles. The molecule has 1 atom stereocenters. The Kier molecular flexibility index (Phi) is 7.12. The molecule has 3 rings (SSSR count). The van der Waals surface area contributed by atoms with Crippen molar-refractivity contribution in [3.05, 3.63) is 53.6 Å². The number of aliphatic carboxylic acids is 1. The first-order valence-corrected chi connectivity index (χ1v) is 9.95. The lowest BCUT2D eigenvalue weighted by atomic mass is 9.97. The third kappa shape index (κ3) is 4.96. The van der Waals surface area contributed by atoms with E-state index in [0.29, 0.717) is 17.9 Å². The highest BCUT2D eigenvalue weighted by Gasteiger charge is 2.35. The van der Waals surface area contributed by atoms with Gasteiger partial charge in [0.2, 0.25) is 5.91 Å². The maximum absolute atomic E-state index is 13.0. The van der Waals surface area contributed by atoms with Crippen molar-refractivity contribution in [3.63, 3.8) is 0 Å². The lowest BCUT2D eigenvalue weighted by Crippen LogP contribution is -2.27. The Balaban J connectivity index is 1.95. The van der Waals surface area contributed by atoms with E-state index in [2.05, 4.69) is 5.10 Å². The van der Waals surface area contributed by atoms with Gasteiger partial charge < -0.3 is 19.3 Å². The number of benzene rings is 2. The first-order chi connectivity index (χ1) is 15.0. The zero-order chi connectivity index (χ0) is 22.4. The first kappa shape index (κ1) is 22.1. The maximum Gasteiger partial charge on any atom is 0.303 e. The fourth-order valence-corrected chi connectivity index (χ4v) is 3.62. The Bertz CT molecular complexity index is 971. The van der Waals surface area contributed by atoms with E-state index in [1.807, 2.05) is 36.4 Å². The van der Waals surface area contributed by atoms with Crippen molar-refractivity contribution in [2.45, 2.75) is 31.7 Å². The van der Waals surface area contributed by atoms with E-state index in [4.69, 9.17) is 19.3 Å². The van der Waals surface area contributed by atoms with Crippen molar-refractivity contribution in [2.75, 3.05) is 21.3 Å². The second-order valence-electron chi connectivity index (χ2n) is 7.06. The Morgan fingerprint density at radius 1 is 1.03 bits per heavy atom. The van der Waals surface area contributed by atoms with Crippen LogP contribution in [0, 0.1) is 0 Å². The van der Waals surface area contributed by atoms with Crippen LogP contribution in [0.3, 0.4) is 0 Å². The largest absolute Gasteiger partial charge is 0.497 e. The SMILES string of the molecule is COc1ccc(C2=NN(C(=O)CCCC(=O)O)C(c3cccc(OC)c3OC)C2)cc1. The zero-order valence-electron chi connectivity index (χ0n) is 17.8. The predicted octanol–water partition coefficient (Wildman–Crippen LogP) is 3.65. The molecule has 31 heavy (non-hydrogen) atoms. The molecular formula is C23H26N2O6. The van der Waals surface area contributed by atoms with Gasteiger partial charge in [0.15, 0.2) is 11.5 Å². The number of hydrogen-bond acceptors (Lipinski definition) is 6. The van der Waals surface area contributed by atoms with Gasteiger partial charge in [-0.3, -0.25) is 9.59 Å². The van der Waals surface area contributed by atoms with Crippen LogP contribution >= 0.6 is 0 Å². The number of hydrazone groups is 1. The van der Waals surface area contributed by atoms with Crippen LogP contribution < -0.4 is 14.2 Å². The summed E-state index contributed by atoms with van der Waals surface area (Å²) in [6.45, 7) is 0. The Hall–Kier alpha value is -3.55. The van der Waals surface area contributed by atoms with Crippen molar-refractivity contribution >= 4 is 17.6 Å². The fourth-order valence-electron chi connectivity index (χ4n) is 3.62. The average molecular weight is 426 g/mol. The molecule has 164 valence electrons. The minimum Gasteiger partial charge on any atom is -0.497 e. The molecule has 0 saturated heterocycles. The molecule has 0 aliphatic carbocycles. The number of hydrogen-bond donors (Lipinski definition) is 1. The molecule has 0 radical (unpaired) electrons. The Labute approximate surface area is 181 Å². The molecule has 0 fully saturated rings. The van der Waals surface area contributed by atoms with Gasteiger partial charge >= 0.3 is 5.97 Å². The van der Waals surface area contributed by atoms with Crippen LogP contribution in [-0.2, 0) is 9.59 Å². The number of rotatable bonds is 9. The van der Waals surface area contributed by atoms with E-state index in [1.54, 1.807) is 27.4 Å². The summed E-state index contributed by atoms with van der Waals surface area (Å²) in [6, 6.07) is 12.6.